The lowest BCUT2D eigenvalue weighted by atomic mass is 10.3. The first-order valence-corrected chi connectivity index (χ1v) is 5.14. The summed E-state index contributed by atoms with van der Waals surface area (Å²) in [6.07, 6.45) is 1.28. The van der Waals surface area contributed by atoms with E-state index in [4.69, 9.17) is 0 Å². The van der Waals surface area contributed by atoms with Crippen molar-refractivity contribution in [2.45, 2.75) is 0 Å². The molecule has 1 aromatic heterocycles. The van der Waals surface area contributed by atoms with Crippen LogP contribution in [0.25, 0.3) is 0 Å². The van der Waals surface area contributed by atoms with Crippen LogP contribution >= 0.6 is 15.9 Å². The van der Waals surface area contributed by atoms with Crippen LogP contribution < -0.4 is 5.32 Å². The fourth-order valence-electron chi connectivity index (χ4n) is 1.15. The lowest BCUT2D eigenvalue weighted by Crippen LogP contribution is -1.99. The number of nitrogens with zero attached hydrogens (tertiary/aromatic N) is 2. The maximum absolute atomic E-state index is 13.3. The van der Waals surface area contributed by atoms with Crippen LogP contribution in [0.15, 0.2) is 35.2 Å². The van der Waals surface area contributed by atoms with Crippen LogP contribution in [0.4, 0.5) is 20.3 Å². The highest BCUT2D eigenvalue weighted by Gasteiger charge is 2.08. The SMILES string of the molecule is Fc1cccc(F)c1Nc1cc(Br)ncn1. The Bertz CT molecular complexity index is 499. The van der Waals surface area contributed by atoms with Gasteiger partial charge in [-0.25, -0.2) is 18.7 Å². The molecule has 0 unspecified atom stereocenters. The molecule has 6 heteroatoms. The Morgan fingerprint density at radius 1 is 1.12 bits per heavy atom. The summed E-state index contributed by atoms with van der Waals surface area (Å²) in [5.74, 6) is -1.03. The molecule has 2 rings (SSSR count). The molecule has 0 saturated heterocycles. The Balaban J connectivity index is 2.34. The van der Waals surface area contributed by atoms with Gasteiger partial charge in [0.25, 0.3) is 0 Å². The predicted octanol–water partition coefficient (Wildman–Crippen LogP) is 3.26. The summed E-state index contributed by atoms with van der Waals surface area (Å²) in [5.41, 5.74) is -0.229. The second kappa shape index (κ2) is 4.52. The van der Waals surface area contributed by atoms with Gasteiger partial charge in [-0.15, -0.1) is 0 Å². The van der Waals surface area contributed by atoms with Crippen molar-refractivity contribution in [1.29, 1.82) is 0 Å². The molecule has 0 radical (unpaired) electrons. The van der Waals surface area contributed by atoms with Gasteiger partial charge in [0, 0.05) is 6.07 Å². The number of rotatable bonds is 2. The number of hydrogen-bond donors (Lipinski definition) is 1. The topological polar surface area (TPSA) is 37.8 Å². The molecule has 82 valence electrons. The molecule has 0 fully saturated rings. The summed E-state index contributed by atoms with van der Waals surface area (Å²) < 4.78 is 27.1. The number of anilines is 2. The van der Waals surface area contributed by atoms with Crippen molar-refractivity contribution in [2.75, 3.05) is 5.32 Å². The molecule has 0 aliphatic carbocycles. The minimum absolute atomic E-state index is 0.229. The third-order valence-electron chi connectivity index (χ3n) is 1.85. The van der Waals surface area contributed by atoms with Crippen LogP contribution in [0.2, 0.25) is 0 Å². The van der Waals surface area contributed by atoms with Crippen molar-refractivity contribution >= 4 is 27.4 Å². The molecular weight excluding hydrogens is 280 g/mol. The van der Waals surface area contributed by atoms with Gasteiger partial charge in [-0.1, -0.05) is 6.07 Å². The summed E-state index contributed by atoms with van der Waals surface area (Å²) >= 11 is 3.13. The zero-order chi connectivity index (χ0) is 11.5. The van der Waals surface area contributed by atoms with E-state index in [1.165, 1.54) is 30.6 Å². The van der Waals surface area contributed by atoms with Crippen LogP contribution in [-0.2, 0) is 0 Å². The lowest BCUT2D eigenvalue weighted by Gasteiger charge is -2.07. The van der Waals surface area contributed by atoms with Gasteiger partial charge in [0.05, 0.1) is 0 Å². The highest BCUT2D eigenvalue weighted by molar-refractivity contribution is 9.10. The summed E-state index contributed by atoms with van der Waals surface area (Å²) in [6, 6.07) is 5.15. The van der Waals surface area contributed by atoms with Crippen molar-refractivity contribution in [3.8, 4) is 0 Å². The van der Waals surface area contributed by atoms with Crippen molar-refractivity contribution < 1.29 is 8.78 Å². The molecule has 0 aliphatic rings. The van der Waals surface area contributed by atoms with Crippen LogP contribution in [-0.4, -0.2) is 9.97 Å². The number of benzene rings is 1. The number of hydrogen-bond acceptors (Lipinski definition) is 3. The molecular formula is C10H6BrF2N3. The molecule has 1 aromatic carbocycles. The van der Waals surface area contributed by atoms with Gasteiger partial charge in [0.15, 0.2) is 0 Å². The molecule has 1 heterocycles. The normalized spacial score (nSPS) is 10.2. The van der Waals surface area contributed by atoms with Gasteiger partial charge in [-0.3, -0.25) is 0 Å². The van der Waals surface area contributed by atoms with E-state index < -0.39 is 11.6 Å². The van der Waals surface area contributed by atoms with Crippen molar-refractivity contribution in [1.82, 2.24) is 9.97 Å². The van der Waals surface area contributed by atoms with Crippen molar-refractivity contribution in [3.63, 3.8) is 0 Å². The molecule has 0 bridgehead atoms. The third-order valence-corrected chi connectivity index (χ3v) is 2.28. The largest absolute Gasteiger partial charge is 0.335 e. The van der Waals surface area contributed by atoms with E-state index in [0.29, 0.717) is 10.4 Å². The zero-order valence-electron chi connectivity index (χ0n) is 7.92. The van der Waals surface area contributed by atoms with Crippen LogP contribution in [0.1, 0.15) is 0 Å². The summed E-state index contributed by atoms with van der Waals surface area (Å²) in [6.45, 7) is 0. The highest BCUT2D eigenvalue weighted by atomic mass is 79.9. The lowest BCUT2D eigenvalue weighted by molar-refractivity contribution is 0.590. The maximum atomic E-state index is 13.3. The second-order valence-corrected chi connectivity index (χ2v) is 3.76. The summed E-state index contributed by atoms with van der Waals surface area (Å²) in [4.78, 5) is 7.64. The fourth-order valence-corrected chi connectivity index (χ4v) is 1.46. The summed E-state index contributed by atoms with van der Waals surface area (Å²) in [7, 11) is 0. The molecule has 3 nitrogen and oxygen atoms in total. The smallest absolute Gasteiger partial charge is 0.149 e. The van der Waals surface area contributed by atoms with E-state index in [-0.39, 0.29) is 5.69 Å². The van der Waals surface area contributed by atoms with E-state index in [9.17, 15) is 8.78 Å². The first-order valence-electron chi connectivity index (χ1n) is 4.35. The molecule has 1 N–H and O–H groups in total. The molecule has 0 amide bonds. The molecule has 0 spiro atoms. The number of halogens is 3. The molecule has 16 heavy (non-hydrogen) atoms. The van der Waals surface area contributed by atoms with E-state index in [1.807, 2.05) is 0 Å². The van der Waals surface area contributed by atoms with Gasteiger partial charge in [-0.2, -0.15) is 0 Å². The van der Waals surface area contributed by atoms with Crippen LogP contribution in [0.3, 0.4) is 0 Å². The van der Waals surface area contributed by atoms with E-state index in [1.54, 1.807) is 0 Å². The molecule has 0 aliphatic heterocycles. The minimum atomic E-state index is -0.672. The predicted molar refractivity (Wildman–Crippen MR) is 59.4 cm³/mol. The van der Waals surface area contributed by atoms with Gasteiger partial charge >= 0.3 is 0 Å². The van der Waals surface area contributed by atoms with Crippen molar-refractivity contribution in [3.05, 3.63) is 46.8 Å². The average molecular weight is 286 g/mol. The van der Waals surface area contributed by atoms with Crippen LogP contribution in [0, 0.1) is 11.6 Å². The van der Waals surface area contributed by atoms with E-state index >= 15 is 0 Å². The monoisotopic (exact) mass is 285 g/mol. The Morgan fingerprint density at radius 3 is 2.44 bits per heavy atom. The van der Waals surface area contributed by atoms with E-state index in [2.05, 4.69) is 31.2 Å². The molecule has 0 atom stereocenters. The minimum Gasteiger partial charge on any atom is -0.335 e. The highest BCUT2D eigenvalue weighted by Crippen LogP contribution is 2.22. The fraction of sp³-hybridized carbons (Fsp3) is 0. The maximum Gasteiger partial charge on any atom is 0.149 e. The number of nitrogens with one attached hydrogen (secondary N) is 1. The Hall–Kier alpha value is -1.56. The first-order chi connectivity index (χ1) is 7.66. The Morgan fingerprint density at radius 2 is 1.81 bits per heavy atom. The van der Waals surface area contributed by atoms with Gasteiger partial charge in [0.1, 0.15) is 34.1 Å². The number of para-hydroxylation sites is 1. The quantitative estimate of drug-likeness (QED) is 0.861. The van der Waals surface area contributed by atoms with Crippen molar-refractivity contribution in [2.24, 2.45) is 0 Å². The Labute approximate surface area is 98.7 Å². The van der Waals surface area contributed by atoms with Crippen LogP contribution in [0.5, 0.6) is 0 Å². The molecule has 2 aromatic rings. The van der Waals surface area contributed by atoms with E-state index in [0.717, 1.165) is 0 Å². The number of aromatic nitrogens is 2. The standard InChI is InChI=1S/C10H6BrF2N3/c11-8-4-9(15-5-14-8)16-10-6(12)2-1-3-7(10)13/h1-5H,(H,14,15,16). The van der Waals surface area contributed by atoms with Gasteiger partial charge in [-0.05, 0) is 28.1 Å². The third kappa shape index (κ3) is 2.33. The first kappa shape index (κ1) is 10.9. The van der Waals surface area contributed by atoms with Gasteiger partial charge < -0.3 is 5.32 Å². The molecule has 0 saturated carbocycles. The summed E-state index contributed by atoms with van der Waals surface area (Å²) in [5, 5.41) is 2.55. The Kier molecular flexibility index (Phi) is 3.09. The average Bonchev–Trinajstić information content (AvgIpc) is 2.24. The second-order valence-electron chi connectivity index (χ2n) is 2.95. The zero-order valence-corrected chi connectivity index (χ0v) is 9.50. The van der Waals surface area contributed by atoms with Gasteiger partial charge in [0.2, 0.25) is 0 Å².